The monoisotopic (exact) mass is 268 g/mol. The molecule has 104 valence electrons. The molecule has 2 nitrogen and oxygen atoms in total. The lowest BCUT2D eigenvalue weighted by Crippen LogP contribution is -2.16. The minimum Gasteiger partial charge on any atom is -0.385 e. The Hall–Kier alpha value is -1.64. The summed E-state index contributed by atoms with van der Waals surface area (Å²) in [5.74, 6) is 0.684. The second-order valence-electron chi connectivity index (χ2n) is 5.46. The van der Waals surface area contributed by atoms with Crippen molar-refractivity contribution in [3.05, 3.63) is 71.8 Å². The molecule has 1 N–H and O–H groups in total. The van der Waals surface area contributed by atoms with Crippen molar-refractivity contribution in [2.24, 2.45) is 5.92 Å². The van der Waals surface area contributed by atoms with Gasteiger partial charge in [0.1, 0.15) is 12.2 Å². The molecule has 0 saturated heterocycles. The predicted molar refractivity (Wildman–Crippen MR) is 79.3 cm³/mol. The highest BCUT2D eigenvalue weighted by atomic mass is 16.5. The molecule has 0 aliphatic heterocycles. The van der Waals surface area contributed by atoms with Gasteiger partial charge in [0.05, 0.1) is 6.61 Å². The molecular weight excluding hydrogens is 248 g/mol. The highest BCUT2D eigenvalue weighted by Gasteiger charge is 2.28. The second-order valence-corrected chi connectivity index (χ2v) is 5.46. The first-order valence-electron chi connectivity index (χ1n) is 7.24. The highest BCUT2D eigenvalue weighted by molar-refractivity contribution is 5.25. The third kappa shape index (κ3) is 3.27. The van der Waals surface area contributed by atoms with E-state index in [2.05, 4.69) is 0 Å². The Morgan fingerprint density at radius 3 is 2.00 bits per heavy atom. The van der Waals surface area contributed by atoms with Crippen LogP contribution in [0, 0.1) is 5.92 Å². The van der Waals surface area contributed by atoms with Crippen LogP contribution in [0.25, 0.3) is 0 Å². The van der Waals surface area contributed by atoms with E-state index in [1.165, 1.54) is 12.8 Å². The number of aliphatic hydroxyl groups excluding tert-OH is 1. The lowest BCUT2D eigenvalue weighted by molar-refractivity contribution is -0.0450. The van der Waals surface area contributed by atoms with Crippen LogP contribution in [0.5, 0.6) is 0 Å². The van der Waals surface area contributed by atoms with Crippen LogP contribution >= 0.6 is 0 Å². The van der Waals surface area contributed by atoms with E-state index in [0.29, 0.717) is 5.92 Å². The summed E-state index contributed by atoms with van der Waals surface area (Å²) >= 11 is 0. The molecule has 1 aliphatic rings. The normalized spacial score (nSPS) is 17.6. The largest absolute Gasteiger partial charge is 0.385 e. The predicted octanol–water partition coefficient (Wildman–Crippen LogP) is 3.89. The van der Waals surface area contributed by atoms with Gasteiger partial charge >= 0.3 is 0 Å². The molecule has 20 heavy (non-hydrogen) atoms. The zero-order chi connectivity index (χ0) is 13.8. The summed E-state index contributed by atoms with van der Waals surface area (Å²) in [5, 5.41) is 10.6. The van der Waals surface area contributed by atoms with Crippen LogP contribution in [0.2, 0.25) is 0 Å². The molecule has 3 rings (SSSR count). The van der Waals surface area contributed by atoms with Crippen molar-refractivity contribution in [1.82, 2.24) is 0 Å². The topological polar surface area (TPSA) is 29.5 Å². The van der Waals surface area contributed by atoms with Gasteiger partial charge in [0, 0.05) is 0 Å². The van der Waals surface area contributed by atoms with Gasteiger partial charge < -0.3 is 9.84 Å². The van der Waals surface area contributed by atoms with Crippen molar-refractivity contribution < 1.29 is 9.84 Å². The molecule has 0 aromatic heterocycles. The SMILES string of the molecule is OC(c1ccccc1)C(OCC1CC1)c1ccccc1. The molecule has 1 aliphatic carbocycles. The van der Waals surface area contributed by atoms with Crippen molar-refractivity contribution in [3.8, 4) is 0 Å². The maximum atomic E-state index is 10.6. The van der Waals surface area contributed by atoms with E-state index in [-0.39, 0.29) is 6.10 Å². The maximum absolute atomic E-state index is 10.6. The summed E-state index contributed by atoms with van der Waals surface area (Å²) < 4.78 is 6.02. The molecule has 0 bridgehead atoms. The van der Waals surface area contributed by atoms with E-state index < -0.39 is 6.10 Å². The molecule has 0 radical (unpaired) electrons. The van der Waals surface area contributed by atoms with Crippen LogP contribution in [0.15, 0.2) is 60.7 Å². The molecule has 1 fully saturated rings. The standard InChI is InChI=1S/C18H20O2/c19-17(15-7-3-1-4-8-15)18(20-13-14-11-12-14)16-9-5-2-6-10-16/h1-10,14,17-19H,11-13H2. The van der Waals surface area contributed by atoms with Crippen LogP contribution in [0.4, 0.5) is 0 Å². The quantitative estimate of drug-likeness (QED) is 0.861. The van der Waals surface area contributed by atoms with Crippen molar-refractivity contribution >= 4 is 0 Å². The molecule has 1 saturated carbocycles. The van der Waals surface area contributed by atoms with Gasteiger partial charge in [-0.3, -0.25) is 0 Å². The molecule has 2 heteroatoms. The van der Waals surface area contributed by atoms with E-state index in [9.17, 15) is 5.11 Å². The van der Waals surface area contributed by atoms with Gasteiger partial charge in [0.2, 0.25) is 0 Å². The van der Waals surface area contributed by atoms with E-state index in [0.717, 1.165) is 17.7 Å². The van der Waals surface area contributed by atoms with Crippen LogP contribution in [-0.2, 0) is 4.74 Å². The van der Waals surface area contributed by atoms with Crippen molar-refractivity contribution in [2.75, 3.05) is 6.61 Å². The molecule has 0 heterocycles. The molecule has 2 aromatic carbocycles. The average molecular weight is 268 g/mol. The molecule has 0 amide bonds. The first kappa shape index (κ1) is 13.3. The fourth-order valence-electron chi connectivity index (χ4n) is 2.36. The Morgan fingerprint density at radius 2 is 1.45 bits per heavy atom. The lowest BCUT2D eigenvalue weighted by atomic mass is 9.98. The van der Waals surface area contributed by atoms with Crippen LogP contribution in [0.1, 0.15) is 36.2 Å². The van der Waals surface area contributed by atoms with Crippen LogP contribution in [-0.4, -0.2) is 11.7 Å². The van der Waals surface area contributed by atoms with Crippen LogP contribution in [0.3, 0.4) is 0 Å². The Labute approximate surface area is 120 Å². The molecular formula is C18H20O2. The molecule has 2 atom stereocenters. The summed E-state index contributed by atoms with van der Waals surface area (Å²) in [5.41, 5.74) is 1.93. The number of benzene rings is 2. The molecule has 0 spiro atoms. The van der Waals surface area contributed by atoms with Crippen molar-refractivity contribution in [1.29, 1.82) is 0 Å². The first-order valence-corrected chi connectivity index (χ1v) is 7.24. The highest BCUT2D eigenvalue weighted by Crippen LogP contribution is 2.36. The number of aliphatic hydroxyl groups is 1. The van der Waals surface area contributed by atoms with Gasteiger partial charge in [-0.05, 0) is 29.9 Å². The second kappa shape index (κ2) is 6.21. The average Bonchev–Trinajstić information content (AvgIpc) is 3.33. The van der Waals surface area contributed by atoms with E-state index in [4.69, 9.17) is 4.74 Å². The number of ether oxygens (including phenoxy) is 1. The number of hydrogen-bond acceptors (Lipinski definition) is 2. The smallest absolute Gasteiger partial charge is 0.113 e. The summed E-state index contributed by atoms with van der Waals surface area (Å²) in [6.07, 6.45) is 1.59. The first-order chi connectivity index (χ1) is 9.84. The third-order valence-electron chi connectivity index (χ3n) is 3.76. The van der Waals surface area contributed by atoms with E-state index in [1.807, 2.05) is 60.7 Å². The number of rotatable bonds is 6. The fraction of sp³-hybridized carbons (Fsp3) is 0.333. The zero-order valence-electron chi connectivity index (χ0n) is 11.5. The molecule has 2 unspecified atom stereocenters. The van der Waals surface area contributed by atoms with Gasteiger partial charge in [-0.2, -0.15) is 0 Å². The zero-order valence-corrected chi connectivity index (χ0v) is 11.5. The van der Waals surface area contributed by atoms with E-state index >= 15 is 0 Å². The van der Waals surface area contributed by atoms with Crippen LogP contribution < -0.4 is 0 Å². The van der Waals surface area contributed by atoms with Gasteiger partial charge in [-0.15, -0.1) is 0 Å². The van der Waals surface area contributed by atoms with Gasteiger partial charge in [-0.25, -0.2) is 0 Å². The van der Waals surface area contributed by atoms with Gasteiger partial charge in [0.25, 0.3) is 0 Å². The Bertz CT molecular complexity index is 520. The summed E-state index contributed by atoms with van der Waals surface area (Å²) in [7, 11) is 0. The van der Waals surface area contributed by atoms with Gasteiger partial charge in [0.15, 0.2) is 0 Å². The van der Waals surface area contributed by atoms with Gasteiger partial charge in [-0.1, -0.05) is 60.7 Å². The van der Waals surface area contributed by atoms with E-state index in [1.54, 1.807) is 0 Å². The summed E-state index contributed by atoms with van der Waals surface area (Å²) in [6.45, 7) is 0.740. The van der Waals surface area contributed by atoms with Crippen molar-refractivity contribution in [2.45, 2.75) is 25.0 Å². The third-order valence-corrected chi connectivity index (χ3v) is 3.76. The number of hydrogen-bond donors (Lipinski definition) is 1. The Kier molecular flexibility index (Phi) is 4.14. The minimum atomic E-state index is -0.627. The fourth-order valence-corrected chi connectivity index (χ4v) is 2.36. The minimum absolute atomic E-state index is 0.292. The molecule has 2 aromatic rings. The summed E-state index contributed by atoms with van der Waals surface area (Å²) in [6, 6.07) is 19.7. The van der Waals surface area contributed by atoms with Crippen molar-refractivity contribution in [3.63, 3.8) is 0 Å². The Morgan fingerprint density at radius 1 is 0.900 bits per heavy atom. The maximum Gasteiger partial charge on any atom is 0.113 e. The lowest BCUT2D eigenvalue weighted by Gasteiger charge is -2.24. The summed E-state index contributed by atoms with van der Waals surface area (Å²) in [4.78, 5) is 0. The Balaban J connectivity index is 1.80.